The van der Waals surface area contributed by atoms with Crippen LogP contribution < -0.4 is 15.0 Å². The van der Waals surface area contributed by atoms with Crippen LogP contribution in [0.1, 0.15) is 32.6 Å². The molecule has 1 N–H and O–H groups in total. The second-order valence-electron chi connectivity index (χ2n) is 5.79. The molecule has 1 fully saturated rings. The Morgan fingerprint density at radius 2 is 1.90 bits per heavy atom. The number of nitrogens with zero attached hydrogens (tertiary/aromatic N) is 1. The van der Waals surface area contributed by atoms with Gasteiger partial charge in [-0.15, -0.1) is 0 Å². The summed E-state index contributed by atoms with van der Waals surface area (Å²) >= 11 is 0. The van der Waals surface area contributed by atoms with Crippen molar-refractivity contribution in [3.8, 4) is 5.75 Å². The molecule has 0 spiro atoms. The first-order valence-corrected chi connectivity index (χ1v) is 7.83. The van der Waals surface area contributed by atoms with Crippen LogP contribution in [-0.4, -0.2) is 33.3 Å². The first-order chi connectivity index (χ1) is 9.74. The van der Waals surface area contributed by atoms with Crippen molar-refractivity contribution in [2.24, 2.45) is 5.92 Å². The lowest BCUT2D eigenvalue weighted by molar-refractivity contribution is 0.367. The van der Waals surface area contributed by atoms with Crippen molar-refractivity contribution < 1.29 is 4.74 Å². The molecule has 0 saturated heterocycles. The highest BCUT2D eigenvalue weighted by atomic mass is 16.5. The van der Waals surface area contributed by atoms with E-state index in [1.54, 1.807) is 7.11 Å². The minimum absolute atomic E-state index is 0.606. The Kier molecular flexibility index (Phi) is 5.72. The summed E-state index contributed by atoms with van der Waals surface area (Å²) in [5.74, 6) is 1.76. The lowest BCUT2D eigenvalue weighted by Crippen LogP contribution is -2.44. The molecule has 1 atom stereocenters. The van der Waals surface area contributed by atoms with Gasteiger partial charge in [-0.1, -0.05) is 19.8 Å². The van der Waals surface area contributed by atoms with E-state index in [1.807, 2.05) is 12.1 Å². The summed E-state index contributed by atoms with van der Waals surface area (Å²) in [7, 11) is 3.89. The first-order valence-electron chi connectivity index (χ1n) is 7.83. The topological polar surface area (TPSA) is 24.5 Å². The second kappa shape index (κ2) is 7.53. The van der Waals surface area contributed by atoms with E-state index in [0.29, 0.717) is 6.04 Å². The third kappa shape index (κ3) is 3.89. The highest BCUT2D eigenvalue weighted by molar-refractivity contribution is 5.48. The Balaban J connectivity index is 1.97. The number of likely N-dealkylation sites (N-methyl/N-ethyl adjacent to an activating group) is 2. The lowest BCUT2D eigenvalue weighted by atomic mass is 9.97. The minimum atomic E-state index is 0.606. The van der Waals surface area contributed by atoms with Gasteiger partial charge in [-0.2, -0.15) is 0 Å². The normalized spacial score (nSPS) is 17.1. The summed E-state index contributed by atoms with van der Waals surface area (Å²) in [6.45, 7) is 4.33. The molecule has 1 aromatic rings. The van der Waals surface area contributed by atoms with Crippen molar-refractivity contribution in [3.05, 3.63) is 24.3 Å². The van der Waals surface area contributed by atoms with Crippen molar-refractivity contribution in [3.63, 3.8) is 0 Å². The molecule has 0 bridgehead atoms. The molecule has 1 unspecified atom stereocenters. The van der Waals surface area contributed by atoms with E-state index in [-0.39, 0.29) is 0 Å². The van der Waals surface area contributed by atoms with Crippen LogP contribution in [-0.2, 0) is 0 Å². The van der Waals surface area contributed by atoms with Gasteiger partial charge in [-0.05, 0) is 49.6 Å². The number of hydrogen-bond donors (Lipinski definition) is 1. The van der Waals surface area contributed by atoms with Gasteiger partial charge in [0.05, 0.1) is 7.11 Å². The third-order valence-electron chi connectivity index (χ3n) is 4.42. The quantitative estimate of drug-likeness (QED) is 0.827. The predicted molar refractivity (Wildman–Crippen MR) is 85.7 cm³/mol. The van der Waals surface area contributed by atoms with E-state index in [0.717, 1.165) is 24.8 Å². The van der Waals surface area contributed by atoms with Gasteiger partial charge in [0, 0.05) is 25.3 Å². The maximum absolute atomic E-state index is 5.22. The zero-order valence-corrected chi connectivity index (χ0v) is 13.1. The highest BCUT2D eigenvalue weighted by Gasteiger charge is 2.25. The van der Waals surface area contributed by atoms with E-state index in [1.165, 1.54) is 31.4 Å². The van der Waals surface area contributed by atoms with Crippen molar-refractivity contribution in [2.75, 3.05) is 32.1 Å². The van der Waals surface area contributed by atoms with Gasteiger partial charge in [0.2, 0.25) is 0 Å². The molecule has 0 radical (unpaired) electrons. The van der Waals surface area contributed by atoms with Crippen LogP contribution in [0.4, 0.5) is 5.69 Å². The van der Waals surface area contributed by atoms with Crippen LogP contribution in [0, 0.1) is 5.92 Å². The van der Waals surface area contributed by atoms with Crippen LogP contribution in [0.3, 0.4) is 0 Å². The summed E-state index contributed by atoms with van der Waals surface area (Å²) in [4.78, 5) is 2.35. The van der Waals surface area contributed by atoms with Crippen molar-refractivity contribution >= 4 is 5.69 Å². The zero-order chi connectivity index (χ0) is 14.4. The molecule has 0 amide bonds. The maximum atomic E-state index is 5.22. The molecule has 2 rings (SSSR count). The first kappa shape index (κ1) is 15.2. The molecule has 0 aliphatic heterocycles. The average molecular weight is 276 g/mol. The molecule has 1 aromatic carbocycles. The molecular weight excluding hydrogens is 248 g/mol. The number of ether oxygens (including phenoxy) is 1. The van der Waals surface area contributed by atoms with Gasteiger partial charge in [-0.25, -0.2) is 0 Å². The van der Waals surface area contributed by atoms with Crippen LogP contribution in [0.5, 0.6) is 5.75 Å². The Labute approximate surface area is 123 Å². The zero-order valence-electron chi connectivity index (χ0n) is 13.1. The molecule has 1 aliphatic carbocycles. The van der Waals surface area contributed by atoms with Gasteiger partial charge < -0.3 is 15.0 Å². The van der Waals surface area contributed by atoms with Crippen molar-refractivity contribution in [1.82, 2.24) is 5.32 Å². The molecule has 112 valence electrons. The van der Waals surface area contributed by atoms with Gasteiger partial charge >= 0.3 is 0 Å². The molecular formula is C17H28N2O. The Bertz CT molecular complexity index is 384. The molecule has 1 saturated carbocycles. The van der Waals surface area contributed by atoms with Crippen LogP contribution in [0.2, 0.25) is 0 Å². The largest absolute Gasteiger partial charge is 0.497 e. The Morgan fingerprint density at radius 3 is 2.45 bits per heavy atom. The molecule has 1 aliphatic rings. The molecule has 0 aromatic heterocycles. The summed E-state index contributed by atoms with van der Waals surface area (Å²) in [6, 6.07) is 8.94. The predicted octanol–water partition coefficient (Wildman–Crippen LogP) is 3.30. The molecule has 3 heteroatoms. The van der Waals surface area contributed by atoms with Crippen LogP contribution in [0.25, 0.3) is 0 Å². The fraction of sp³-hybridized carbons (Fsp3) is 0.647. The Hall–Kier alpha value is -1.22. The summed E-state index contributed by atoms with van der Waals surface area (Å²) in [5, 5.41) is 3.68. The number of anilines is 1. The standard InChI is InChI=1S/C17H28N2O/c1-4-18-17(14-7-5-6-8-14)13-19(2)15-9-11-16(20-3)12-10-15/h9-12,14,17-18H,4-8,13H2,1-3H3. The molecule has 20 heavy (non-hydrogen) atoms. The fourth-order valence-corrected chi connectivity index (χ4v) is 3.24. The van der Waals surface area contributed by atoms with E-state index in [9.17, 15) is 0 Å². The van der Waals surface area contributed by atoms with E-state index in [4.69, 9.17) is 4.74 Å². The van der Waals surface area contributed by atoms with Gasteiger partial charge in [0.15, 0.2) is 0 Å². The minimum Gasteiger partial charge on any atom is -0.497 e. The van der Waals surface area contributed by atoms with Crippen LogP contribution in [0.15, 0.2) is 24.3 Å². The fourth-order valence-electron chi connectivity index (χ4n) is 3.24. The van der Waals surface area contributed by atoms with Gasteiger partial charge in [-0.3, -0.25) is 0 Å². The van der Waals surface area contributed by atoms with Crippen LogP contribution >= 0.6 is 0 Å². The lowest BCUT2D eigenvalue weighted by Gasteiger charge is -2.30. The van der Waals surface area contributed by atoms with Crippen molar-refractivity contribution in [1.29, 1.82) is 0 Å². The molecule has 0 heterocycles. The SMILES string of the molecule is CCNC(CN(C)c1ccc(OC)cc1)C1CCCC1. The number of methoxy groups -OCH3 is 1. The smallest absolute Gasteiger partial charge is 0.119 e. The molecule has 3 nitrogen and oxygen atoms in total. The van der Waals surface area contributed by atoms with E-state index in [2.05, 4.69) is 36.3 Å². The summed E-state index contributed by atoms with van der Waals surface area (Å²) in [5.41, 5.74) is 1.26. The van der Waals surface area contributed by atoms with Gasteiger partial charge in [0.25, 0.3) is 0 Å². The van der Waals surface area contributed by atoms with E-state index >= 15 is 0 Å². The number of benzene rings is 1. The summed E-state index contributed by atoms with van der Waals surface area (Å²) < 4.78 is 5.22. The maximum Gasteiger partial charge on any atom is 0.119 e. The second-order valence-corrected chi connectivity index (χ2v) is 5.79. The van der Waals surface area contributed by atoms with E-state index < -0.39 is 0 Å². The highest BCUT2D eigenvalue weighted by Crippen LogP contribution is 2.29. The Morgan fingerprint density at radius 1 is 1.25 bits per heavy atom. The van der Waals surface area contributed by atoms with Crippen molar-refractivity contribution in [2.45, 2.75) is 38.6 Å². The number of rotatable bonds is 7. The number of hydrogen-bond acceptors (Lipinski definition) is 3. The monoisotopic (exact) mass is 276 g/mol. The average Bonchev–Trinajstić information content (AvgIpc) is 3.01. The number of nitrogens with one attached hydrogen (secondary N) is 1. The third-order valence-corrected chi connectivity index (χ3v) is 4.42. The van der Waals surface area contributed by atoms with Gasteiger partial charge in [0.1, 0.15) is 5.75 Å². The summed E-state index contributed by atoms with van der Waals surface area (Å²) in [6.07, 6.45) is 5.57.